The van der Waals surface area contributed by atoms with E-state index in [4.69, 9.17) is 13.8 Å². The molecule has 0 fully saturated rings. The predicted molar refractivity (Wildman–Crippen MR) is 91.9 cm³/mol. The molecule has 0 saturated heterocycles. The smallest absolute Gasteiger partial charge is 0.417 e. The van der Waals surface area contributed by atoms with E-state index >= 15 is 0 Å². The lowest BCUT2D eigenvalue weighted by atomic mass is 10.2. The van der Waals surface area contributed by atoms with Crippen LogP contribution in [0, 0.1) is 0 Å². The van der Waals surface area contributed by atoms with Gasteiger partial charge >= 0.3 is 23.9 Å². The van der Waals surface area contributed by atoms with Gasteiger partial charge in [0.05, 0.1) is 37.3 Å². The fourth-order valence-electron chi connectivity index (χ4n) is 2.15. The Kier molecular flexibility index (Phi) is 7.51. The summed E-state index contributed by atoms with van der Waals surface area (Å²) in [7, 11) is -7.30. The summed E-state index contributed by atoms with van der Waals surface area (Å²) in [4.78, 5) is -1.22. The predicted octanol–water partition coefficient (Wildman–Crippen LogP) is 3.72. The van der Waals surface area contributed by atoms with Crippen LogP contribution in [0.5, 0.6) is 5.75 Å². The molecular weight excluding hydrogens is 412 g/mol. The van der Waals surface area contributed by atoms with E-state index in [2.05, 4.69) is 4.18 Å². The van der Waals surface area contributed by atoms with E-state index in [0.29, 0.717) is 6.07 Å². The molecule has 0 bridgehead atoms. The van der Waals surface area contributed by atoms with Gasteiger partial charge in [-0.3, -0.25) is 8.75 Å². The molecule has 0 spiro atoms. The van der Waals surface area contributed by atoms with Crippen molar-refractivity contribution in [3.8, 4) is 5.75 Å². The molecule has 0 unspecified atom stereocenters. The third-order valence-electron chi connectivity index (χ3n) is 3.05. The highest BCUT2D eigenvalue weighted by atomic mass is 32.2. The van der Waals surface area contributed by atoms with Crippen molar-refractivity contribution in [1.82, 2.24) is 0 Å². The van der Waals surface area contributed by atoms with E-state index in [1.165, 1.54) is 27.7 Å². The first-order chi connectivity index (χ1) is 12.2. The van der Waals surface area contributed by atoms with E-state index < -0.39 is 57.6 Å². The lowest BCUT2D eigenvalue weighted by molar-refractivity contribution is -0.140. The first-order valence-electron chi connectivity index (χ1n) is 7.75. The molecule has 27 heavy (non-hydrogen) atoms. The average molecular weight is 434 g/mol. The van der Waals surface area contributed by atoms with E-state index in [-0.39, 0.29) is 0 Å². The van der Waals surface area contributed by atoms with Crippen LogP contribution in [0.3, 0.4) is 0 Å². The van der Waals surface area contributed by atoms with Crippen LogP contribution < -0.4 is 10.0 Å². The molecule has 0 aliphatic heterocycles. The molecule has 156 valence electrons. The van der Waals surface area contributed by atoms with E-state index in [1.54, 1.807) is 0 Å². The highest BCUT2D eigenvalue weighted by molar-refractivity contribution is 7.87. The molecule has 0 atom stereocenters. The number of ether oxygens (including phenoxy) is 1. The normalized spacial score (nSPS) is 13.4. The van der Waals surface area contributed by atoms with Crippen molar-refractivity contribution in [2.75, 3.05) is 14.2 Å². The van der Waals surface area contributed by atoms with Crippen LogP contribution in [0.2, 0.25) is 0 Å². The molecule has 1 aromatic rings. The van der Waals surface area contributed by atoms with Gasteiger partial charge in [-0.05, 0) is 39.8 Å². The molecule has 0 heterocycles. The molecule has 1 aromatic carbocycles. The molecule has 0 aliphatic rings. The number of hydrogen-bond acceptors (Lipinski definition) is 7. The minimum Gasteiger partial charge on any atom is -0.495 e. The maximum atomic E-state index is 13.6. The first kappa shape index (κ1) is 23.9. The zero-order valence-electron chi connectivity index (χ0n) is 15.7. The monoisotopic (exact) mass is 434 g/mol. The SMILES string of the molecule is COc1cc(P(=O)(OC(C)C)OC(C)C)cc(C(F)(F)F)c1S(=O)(=O)OC. The van der Waals surface area contributed by atoms with Gasteiger partial charge in [-0.15, -0.1) is 0 Å². The van der Waals surface area contributed by atoms with Gasteiger partial charge in [0.25, 0.3) is 0 Å². The Hall–Kier alpha value is -1.13. The first-order valence-corrected chi connectivity index (χ1v) is 10.7. The quantitative estimate of drug-likeness (QED) is 0.455. The molecule has 0 aliphatic carbocycles. The second-order valence-corrected chi connectivity index (χ2v) is 9.53. The number of alkyl halides is 3. The number of halogens is 3. The zero-order valence-corrected chi connectivity index (χ0v) is 17.4. The summed E-state index contributed by atoms with van der Waals surface area (Å²) in [6.45, 7) is 6.12. The molecule has 1 rings (SSSR count). The third kappa shape index (κ3) is 5.68. The number of hydrogen-bond donors (Lipinski definition) is 0. The molecule has 0 amide bonds. The van der Waals surface area contributed by atoms with Crippen molar-refractivity contribution in [2.24, 2.45) is 0 Å². The Morgan fingerprint density at radius 2 is 1.48 bits per heavy atom. The van der Waals surface area contributed by atoms with Crippen molar-refractivity contribution in [3.05, 3.63) is 17.7 Å². The Balaban J connectivity index is 3.90. The van der Waals surface area contributed by atoms with Crippen LogP contribution in [-0.4, -0.2) is 34.8 Å². The van der Waals surface area contributed by atoms with Gasteiger partial charge in [0.2, 0.25) is 0 Å². The number of rotatable bonds is 8. The van der Waals surface area contributed by atoms with E-state index in [1.807, 2.05) is 0 Å². The number of benzene rings is 1. The van der Waals surface area contributed by atoms with Crippen molar-refractivity contribution in [2.45, 2.75) is 51.0 Å². The molecular formula is C15H22F3O7PS. The summed E-state index contributed by atoms with van der Waals surface area (Å²) in [5.41, 5.74) is -1.60. The van der Waals surface area contributed by atoms with Gasteiger partial charge in [0.1, 0.15) is 10.6 Å². The van der Waals surface area contributed by atoms with Crippen LogP contribution in [0.1, 0.15) is 33.3 Å². The van der Waals surface area contributed by atoms with Gasteiger partial charge in [-0.25, -0.2) is 0 Å². The van der Waals surface area contributed by atoms with Crippen molar-refractivity contribution >= 4 is 23.0 Å². The van der Waals surface area contributed by atoms with Gasteiger partial charge in [-0.1, -0.05) is 0 Å². The second-order valence-electron chi connectivity index (χ2n) is 5.95. The summed E-state index contributed by atoms with van der Waals surface area (Å²) in [5, 5.41) is -0.482. The maximum absolute atomic E-state index is 13.6. The highest BCUT2D eigenvalue weighted by Crippen LogP contribution is 2.51. The summed E-state index contributed by atoms with van der Waals surface area (Å²) >= 11 is 0. The van der Waals surface area contributed by atoms with Gasteiger partial charge in [0, 0.05) is 0 Å². The summed E-state index contributed by atoms with van der Waals surface area (Å²) in [6, 6.07) is 1.30. The van der Waals surface area contributed by atoms with Crippen molar-refractivity contribution < 1.29 is 44.1 Å². The molecule has 0 radical (unpaired) electrons. The Morgan fingerprint density at radius 1 is 1.00 bits per heavy atom. The van der Waals surface area contributed by atoms with Gasteiger partial charge in [-0.2, -0.15) is 21.6 Å². The van der Waals surface area contributed by atoms with Gasteiger partial charge < -0.3 is 13.8 Å². The maximum Gasteiger partial charge on any atom is 0.417 e. The minimum absolute atomic E-state index is 0.417. The Morgan fingerprint density at radius 3 is 1.81 bits per heavy atom. The highest BCUT2D eigenvalue weighted by Gasteiger charge is 2.43. The van der Waals surface area contributed by atoms with E-state index in [0.717, 1.165) is 20.3 Å². The van der Waals surface area contributed by atoms with Crippen molar-refractivity contribution in [1.29, 1.82) is 0 Å². The fraction of sp³-hybridized carbons (Fsp3) is 0.600. The zero-order chi connectivity index (χ0) is 21.2. The Labute approximate surface area is 156 Å². The lowest BCUT2D eigenvalue weighted by Crippen LogP contribution is -2.22. The third-order valence-corrected chi connectivity index (χ3v) is 6.70. The average Bonchev–Trinajstić information content (AvgIpc) is 2.50. The van der Waals surface area contributed by atoms with Crippen LogP contribution in [0.4, 0.5) is 13.2 Å². The largest absolute Gasteiger partial charge is 0.495 e. The summed E-state index contributed by atoms with van der Waals surface area (Å²) in [6.07, 6.45) is -6.39. The topological polar surface area (TPSA) is 88.1 Å². The Bertz CT molecular complexity index is 805. The summed E-state index contributed by atoms with van der Waals surface area (Å²) < 4.78 is 97.6. The molecule has 12 heteroatoms. The van der Waals surface area contributed by atoms with Crippen LogP contribution >= 0.6 is 7.60 Å². The fourth-order valence-corrected chi connectivity index (χ4v) is 5.12. The molecule has 0 N–H and O–H groups in total. The van der Waals surface area contributed by atoms with E-state index in [9.17, 15) is 26.2 Å². The minimum atomic E-state index is -5.11. The molecule has 0 aromatic heterocycles. The van der Waals surface area contributed by atoms with Crippen LogP contribution in [0.15, 0.2) is 17.0 Å². The standard InChI is InChI=1S/C15H22F3O7PS/c1-9(2)24-26(19,25-10(3)4)11-7-12(15(16,17)18)14(13(8-11)22-5)27(20,21)23-6/h7-10H,1-6H3. The molecule has 7 nitrogen and oxygen atoms in total. The van der Waals surface area contributed by atoms with Gasteiger partial charge in [0.15, 0.2) is 0 Å². The lowest BCUT2D eigenvalue weighted by Gasteiger charge is -2.25. The molecule has 0 saturated carbocycles. The van der Waals surface area contributed by atoms with Crippen LogP contribution in [0.25, 0.3) is 0 Å². The number of methoxy groups -OCH3 is 1. The summed E-state index contributed by atoms with van der Waals surface area (Å²) in [5.74, 6) is -0.693. The van der Waals surface area contributed by atoms with Crippen LogP contribution in [-0.2, 0) is 34.1 Å². The second kappa shape index (κ2) is 8.48. The van der Waals surface area contributed by atoms with Crippen molar-refractivity contribution in [3.63, 3.8) is 0 Å².